The Labute approximate surface area is 296 Å². The average molecular weight is 716 g/mol. The number of carboxylic acids is 2. The largest absolute Gasteiger partial charge is 0.497 e. The number of thioether (sulfide) groups is 1. The molecular weight excluding hydrogens is 666 g/mol. The molecule has 2 rings (SSSR count). The van der Waals surface area contributed by atoms with Gasteiger partial charge in [-0.2, -0.15) is 11.8 Å². The molecule has 0 bridgehead atoms. The number of ether oxygens (including phenoxy) is 1. The topological polar surface area (TPSA) is 212 Å². The molecule has 14 nitrogen and oxygen atoms in total. The summed E-state index contributed by atoms with van der Waals surface area (Å²) in [5, 5.41) is 32.4. The molecule has 0 aromatic heterocycles. The zero-order valence-corrected chi connectivity index (χ0v) is 30.1. The summed E-state index contributed by atoms with van der Waals surface area (Å²) in [6.07, 6.45) is 0.422. The van der Waals surface area contributed by atoms with Gasteiger partial charge in [0.15, 0.2) is 0 Å². The number of anilines is 2. The minimum Gasteiger partial charge on any atom is -0.497 e. The van der Waals surface area contributed by atoms with Crippen molar-refractivity contribution in [1.29, 1.82) is 0 Å². The van der Waals surface area contributed by atoms with Crippen LogP contribution in [0.4, 0.5) is 16.2 Å². The summed E-state index contributed by atoms with van der Waals surface area (Å²) in [6, 6.07) is 9.59. The molecule has 15 heteroatoms. The molecule has 0 saturated heterocycles. The number of methoxy groups -OCH3 is 1. The van der Waals surface area contributed by atoms with Crippen molar-refractivity contribution >= 4 is 58.8 Å². The van der Waals surface area contributed by atoms with Crippen molar-refractivity contribution in [2.45, 2.75) is 78.4 Å². The van der Waals surface area contributed by atoms with Gasteiger partial charge in [0.1, 0.15) is 23.9 Å². The van der Waals surface area contributed by atoms with Gasteiger partial charge in [-0.1, -0.05) is 46.8 Å². The molecule has 0 aliphatic heterocycles. The maximum atomic E-state index is 13.2. The second-order valence-corrected chi connectivity index (χ2v) is 14.5. The van der Waals surface area contributed by atoms with Crippen molar-refractivity contribution in [1.82, 2.24) is 16.0 Å². The van der Waals surface area contributed by atoms with Crippen LogP contribution in [0.3, 0.4) is 0 Å². The molecule has 0 fully saturated rings. The highest BCUT2D eigenvalue weighted by atomic mass is 32.2. The van der Waals surface area contributed by atoms with Crippen LogP contribution in [0.1, 0.15) is 59.4 Å². The van der Waals surface area contributed by atoms with Crippen LogP contribution in [0.5, 0.6) is 5.75 Å². The Morgan fingerprint density at radius 3 is 1.80 bits per heavy atom. The van der Waals surface area contributed by atoms with E-state index in [4.69, 9.17) is 4.74 Å². The van der Waals surface area contributed by atoms with Crippen molar-refractivity contribution in [3.8, 4) is 5.75 Å². The molecule has 50 heavy (non-hydrogen) atoms. The monoisotopic (exact) mass is 715 g/mol. The van der Waals surface area contributed by atoms with E-state index in [2.05, 4.69) is 26.6 Å². The number of carbonyl (C=O) groups is 6. The maximum absolute atomic E-state index is 13.2. The van der Waals surface area contributed by atoms with E-state index < -0.39 is 47.9 Å². The van der Waals surface area contributed by atoms with E-state index in [1.807, 2.05) is 34.6 Å². The van der Waals surface area contributed by atoms with E-state index in [1.165, 1.54) is 0 Å². The van der Waals surface area contributed by atoms with Crippen LogP contribution in [-0.2, 0) is 30.4 Å². The molecule has 0 heterocycles. The number of benzene rings is 2. The zero-order valence-electron chi connectivity index (χ0n) is 29.3. The molecule has 274 valence electrons. The van der Waals surface area contributed by atoms with Crippen LogP contribution in [0.2, 0.25) is 0 Å². The number of hydrogen-bond donors (Lipinski definition) is 7. The van der Waals surface area contributed by atoms with Crippen molar-refractivity contribution in [2.75, 3.05) is 29.2 Å². The van der Waals surface area contributed by atoms with Gasteiger partial charge in [0.25, 0.3) is 0 Å². The Bertz CT molecular complexity index is 1460. The first-order chi connectivity index (χ1) is 23.4. The molecule has 0 aliphatic carbocycles. The highest BCUT2D eigenvalue weighted by Gasteiger charge is 2.28. The first kappa shape index (κ1) is 41.4. The van der Waals surface area contributed by atoms with Gasteiger partial charge in [0.2, 0.25) is 17.7 Å². The van der Waals surface area contributed by atoms with Gasteiger partial charge in [-0.3, -0.25) is 14.4 Å². The molecule has 2 aromatic rings. The molecule has 2 aromatic carbocycles. The summed E-state index contributed by atoms with van der Waals surface area (Å²) in [4.78, 5) is 74.3. The number of rotatable bonds is 19. The first-order valence-corrected chi connectivity index (χ1v) is 17.3. The number of nitrogens with one attached hydrogen (secondary N) is 5. The predicted molar refractivity (Wildman–Crippen MR) is 192 cm³/mol. The molecule has 5 amide bonds. The van der Waals surface area contributed by atoms with E-state index in [0.717, 1.165) is 11.8 Å². The lowest BCUT2D eigenvalue weighted by atomic mass is 9.92. The fraction of sp³-hybridized carbons (Fsp3) is 0.486. The van der Waals surface area contributed by atoms with Crippen LogP contribution < -0.4 is 31.3 Å². The molecular formula is C35H49N5O9S. The Morgan fingerprint density at radius 1 is 0.760 bits per heavy atom. The third-order valence-electron chi connectivity index (χ3n) is 7.06. The molecule has 0 spiro atoms. The zero-order chi connectivity index (χ0) is 37.4. The first-order valence-electron chi connectivity index (χ1n) is 16.2. The standard InChI is InChI=1S/C35H49N5O9S/c1-21(2)17-27(31(43)40-28(33(46)47)20-50-16-15-26(32(44)45)38-30(42)19-35(3,4)5)39-29(41)18-22-7-9-23(10-8-22)36-34(48)37-24-11-13-25(49-6)14-12-24/h7-14,21,26-28H,15-20H2,1-6H3,(H,38,42)(H,39,41)(H,40,43)(H,44,45)(H,46,47)(H2,36,37,48). The van der Waals surface area contributed by atoms with E-state index in [1.54, 1.807) is 55.6 Å². The minimum atomic E-state index is -1.29. The summed E-state index contributed by atoms with van der Waals surface area (Å²) in [5.74, 6) is -3.12. The Hall–Kier alpha value is -4.79. The van der Waals surface area contributed by atoms with Gasteiger partial charge in [-0.05, 0) is 71.9 Å². The summed E-state index contributed by atoms with van der Waals surface area (Å²) in [6.45, 7) is 9.33. The fourth-order valence-corrected chi connectivity index (χ4v) is 5.67. The minimum absolute atomic E-state index is 0.000400. The Balaban J connectivity index is 1.90. The van der Waals surface area contributed by atoms with Crippen LogP contribution in [0, 0.1) is 11.3 Å². The third-order valence-corrected chi connectivity index (χ3v) is 8.15. The normalized spacial score (nSPS) is 12.9. The molecule has 7 N–H and O–H groups in total. The second kappa shape index (κ2) is 20.0. The van der Waals surface area contributed by atoms with Crippen LogP contribution in [0.15, 0.2) is 48.5 Å². The number of carbonyl (C=O) groups excluding carboxylic acids is 4. The van der Waals surface area contributed by atoms with Gasteiger partial charge >= 0.3 is 18.0 Å². The Morgan fingerprint density at radius 2 is 1.30 bits per heavy atom. The van der Waals surface area contributed by atoms with Crippen molar-refractivity contribution < 1.29 is 43.7 Å². The summed E-state index contributed by atoms with van der Waals surface area (Å²) >= 11 is 1.13. The quantitative estimate of drug-likeness (QED) is 0.103. The molecule has 3 atom stereocenters. The van der Waals surface area contributed by atoms with Crippen LogP contribution >= 0.6 is 11.8 Å². The lowest BCUT2D eigenvalue weighted by Crippen LogP contribution is -2.53. The van der Waals surface area contributed by atoms with Crippen molar-refractivity contribution in [3.05, 3.63) is 54.1 Å². The van der Waals surface area contributed by atoms with Crippen molar-refractivity contribution in [2.24, 2.45) is 11.3 Å². The third kappa shape index (κ3) is 16.1. The fourth-order valence-electron chi connectivity index (χ4n) is 4.64. The molecule has 0 saturated carbocycles. The molecule has 3 unspecified atom stereocenters. The van der Waals surface area contributed by atoms with E-state index in [-0.39, 0.29) is 54.4 Å². The van der Waals surface area contributed by atoms with Crippen LogP contribution in [-0.4, -0.2) is 82.6 Å². The number of urea groups is 1. The Kier molecular flexibility index (Phi) is 16.6. The lowest BCUT2D eigenvalue weighted by molar-refractivity contribution is -0.142. The van der Waals surface area contributed by atoms with E-state index in [9.17, 15) is 39.0 Å². The summed E-state index contributed by atoms with van der Waals surface area (Å²) in [7, 11) is 1.55. The van der Waals surface area contributed by atoms with Crippen molar-refractivity contribution in [3.63, 3.8) is 0 Å². The van der Waals surface area contributed by atoms with Gasteiger partial charge in [-0.15, -0.1) is 0 Å². The molecule has 0 aliphatic rings. The van der Waals surface area contributed by atoms with E-state index in [0.29, 0.717) is 22.7 Å². The molecule has 0 radical (unpaired) electrons. The summed E-state index contributed by atoms with van der Waals surface area (Å²) in [5.41, 5.74) is 1.39. The highest BCUT2D eigenvalue weighted by Crippen LogP contribution is 2.19. The second-order valence-electron chi connectivity index (χ2n) is 13.4. The average Bonchev–Trinajstić information content (AvgIpc) is 3.01. The number of hydrogen-bond acceptors (Lipinski definition) is 8. The number of carboxylic acid groups (broad SMARTS) is 2. The van der Waals surface area contributed by atoms with Gasteiger partial charge < -0.3 is 41.5 Å². The maximum Gasteiger partial charge on any atom is 0.327 e. The SMILES string of the molecule is COc1ccc(NC(=O)Nc2ccc(CC(=O)NC(CC(C)C)C(=O)NC(CSCCC(NC(=O)CC(C)(C)C)C(=O)O)C(=O)O)cc2)cc1. The van der Waals surface area contributed by atoms with E-state index >= 15 is 0 Å². The van der Waals surface area contributed by atoms with Gasteiger partial charge in [0, 0.05) is 23.5 Å². The number of amides is 5. The summed E-state index contributed by atoms with van der Waals surface area (Å²) < 4.78 is 5.10. The van der Waals surface area contributed by atoms with Gasteiger partial charge in [0.05, 0.1) is 13.5 Å². The number of aliphatic carboxylic acids is 2. The van der Waals surface area contributed by atoms with Crippen LogP contribution in [0.25, 0.3) is 0 Å². The highest BCUT2D eigenvalue weighted by molar-refractivity contribution is 7.99. The smallest absolute Gasteiger partial charge is 0.327 e. The predicted octanol–water partition coefficient (Wildman–Crippen LogP) is 4.11. The lowest BCUT2D eigenvalue weighted by Gasteiger charge is -2.23. The van der Waals surface area contributed by atoms with Gasteiger partial charge in [-0.25, -0.2) is 14.4 Å².